The molecule has 0 spiro atoms. The largest absolute Gasteiger partial charge is 0.494 e. The van der Waals surface area contributed by atoms with E-state index in [9.17, 15) is 4.79 Å². The van der Waals surface area contributed by atoms with Gasteiger partial charge in [-0.15, -0.1) is 0 Å². The molecule has 0 aliphatic carbocycles. The lowest BCUT2D eigenvalue weighted by atomic mass is 10.1. The summed E-state index contributed by atoms with van der Waals surface area (Å²) in [5.74, 6) is 2.81. The third kappa shape index (κ3) is 3.54. The summed E-state index contributed by atoms with van der Waals surface area (Å²) in [6.07, 6.45) is 0. The van der Waals surface area contributed by atoms with Crippen LogP contribution in [0, 0.1) is 0 Å². The van der Waals surface area contributed by atoms with Crippen LogP contribution >= 0.6 is 0 Å². The summed E-state index contributed by atoms with van der Waals surface area (Å²) in [7, 11) is 3.85. The smallest absolute Gasteiger partial charge is 0.129 e. The van der Waals surface area contributed by atoms with Gasteiger partial charge in [-0.3, -0.25) is 0 Å². The lowest BCUT2D eigenvalue weighted by molar-refractivity contribution is 0.340. The highest BCUT2D eigenvalue weighted by Gasteiger charge is 2.04. The number of rotatable bonds is 5. The molecule has 0 saturated carbocycles. The Hall–Kier alpha value is -1.57. The Morgan fingerprint density at radius 3 is 2.38 bits per heavy atom. The topological polar surface area (TPSA) is 29.5 Å². The molecule has 0 aromatic heterocycles. The lowest BCUT2D eigenvalue weighted by Crippen LogP contribution is -2.14. The molecule has 0 heterocycles. The van der Waals surface area contributed by atoms with E-state index in [0.717, 1.165) is 11.3 Å². The molecule has 0 saturated heterocycles. The van der Waals surface area contributed by atoms with Crippen LogP contribution in [0.1, 0.15) is 12.5 Å². The average Bonchev–Trinajstić information content (AvgIpc) is 2.27. The maximum Gasteiger partial charge on any atom is 0.129 e. The van der Waals surface area contributed by atoms with E-state index in [4.69, 9.17) is 4.74 Å². The van der Waals surface area contributed by atoms with E-state index in [-0.39, 0.29) is 0 Å². The zero-order chi connectivity index (χ0) is 12.0. The monoisotopic (exact) mass is 219 g/mol. The highest BCUT2D eigenvalue weighted by Crippen LogP contribution is 2.17. The third-order valence-electron chi connectivity index (χ3n) is 2.11. The first-order chi connectivity index (χ1) is 7.67. The van der Waals surface area contributed by atoms with Crippen LogP contribution in [0.2, 0.25) is 0 Å². The van der Waals surface area contributed by atoms with Gasteiger partial charge < -0.3 is 9.64 Å². The van der Waals surface area contributed by atoms with Gasteiger partial charge in [-0.1, -0.05) is 12.1 Å². The summed E-state index contributed by atoms with van der Waals surface area (Å²) in [5.41, 5.74) is 1.56. The van der Waals surface area contributed by atoms with Crippen LogP contribution in [0.3, 0.4) is 0 Å². The predicted molar refractivity (Wildman–Crippen MR) is 65.3 cm³/mol. The Labute approximate surface area is 96.3 Å². The van der Waals surface area contributed by atoms with Gasteiger partial charge >= 0.3 is 0 Å². The van der Waals surface area contributed by atoms with Crippen molar-refractivity contribution in [2.45, 2.75) is 6.92 Å². The molecule has 0 fully saturated rings. The minimum Gasteiger partial charge on any atom is -0.494 e. The molecular formula is C13H17NO2. The van der Waals surface area contributed by atoms with Crippen molar-refractivity contribution < 1.29 is 9.53 Å². The van der Waals surface area contributed by atoms with E-state index in [1.165, 1.54) is 0 Å². The van der Waals surface area contributed by atoms with Crippen LogP contribution in [-0.4, -0.2) is 38.1 Å². The van der Waals surface area contributed by atoms with Crippen molar-refractivity contribution in [1.29, 1.82) is 0 Å². The van der Waals surface area contributed by atoms with E-state index in [1.54, 1.807) is 0 Å². The second-order valence-electron chi connectivity index (χ2n) is 3.78. The summed E-state index contributed by atoms with van der Waals surface area (Å²) >= 11 is 0. The zero-order valence-electron chi connectivity index (χ0n) is 9.99. The van der Waals surface area contributed by atoms with Crippen LogP contribution in [0.4, 0.5) is 0 Å². The fraction of sp³-hybridized carbons (Fsp3) is 0.385. The van der Waals surface area contributed by atoms with Crippen LogP contribution in [-0.2, 0) is 4.79 Å². The van der Waals surface area contributed by atoms with Gasteiger partial charge in [-0.25, -0.2) is 4.79 Å². The molecule has 3 heteroatoms. The molecular weight excluding hydrogens is 202 g/mol. The molecule has 0 atom stereocenters. The molecule has 86 valence electrons. The summed E-state index contributed by atoms with van der Waals surface area (Å²) in [6, 6.07) is 7.50. The van der Waals surface area contributed by atoms with E-state index in [2.05, 4.69) is 0 Å². The van der Waals surface area contributed by atoms with Crippen LogP contribution in [0.15, 0.2) is 24.3 Å². The fourth-order valence-electron chi connectivity index (χ4n) is 1.42. The molecule has 1 aromatic carbocycles. The molecule has 0 aliphatic heterocycles. The Morgan fingerprint density at radius 2 is 1.94 bits per heavy atom. The first-order valence-electron chi connectivity index (χ1n) is 5.29. The van der Waals surface area contributed by atoms with Gasteiger partial charge in [0.1, 0.15) is 11.7 Å². The van der Waals surface area contributed by atoms with E-state index in [0.29, 0.717) is 18.7 Å². The van der Waals surface area contributed by atoms with Crippen LogP contribution in [0.5, 0.6) is 5.75 Å². The highest BCUT2D eigenvalue weighted by molar-refractivity contribution is 5.88. The minimum atomic E-state index is 0.595. The Kier molecular flexibility index (Phi) is 4.77. The van der Waals surface area contributed by atoms with Gasteiger partial charge in [0.15, 0.2) is 0 Å². The van der Waals surface area contributed by atoms with Gasteiger partial charge in [-0.2, -0.15) is 0 Å². The first-order valence-corrected chi connectivity index (χ1v) is 5.29. The molecule has 16 heavy (non-hydrogen) atoms. The van der Waals surface area contributed by atoms with Gasteiger partial charge in [-0.05, 0) is 38.7 Å². The second-order valence-corrected chi connectivity index (χ2v) is 3.78. The number of hydrogen-bond acceptors (Lipinski definition) is 3. The summed E-state index contributed by atoms with van der Waals surface area (Å²) < 4.78 is 5.34. The maximum atomic E-state index is 10.8. The molecule has 0 N–H and O–H groups in total. The third-order valence-corrected chi connectivity index (χ3v) is 2.11. The molecule has 0 bridgehead atoms. The predicted octanol–water partition coefficient (Wildman–Crippen LogP) is 1.86. The quantitative estimate of drug-likeness (QED) is 0.708. The Bertz CT molecular complexity index is 375. The standard InChI is InChI=1S/C13H17NO2/c1-4-16-13-7-5-11(6-8-13)12(10-15)9-14(2)3/h5-8H,4,9H2,1-3H3. The van der Waals surface area contributed by atoms with Crippen molar-refractivity contribution in [2.75, 3.05) is 27.2 Å². The molecule has 0 radical (unpaired) electrons. The number of nitrogens with zero attached hydrogens (tertiary/aromatic N) is 1. The lowest BCUT2D eigenvalue weighted by Gasteiger charge is -2.11. The number of likely N-dealkylation sites (N-methyl/N-ethyl adjacent to an activating group) is 1. The van der Waals surface area contributed by atoms with Crippen molar-refractivity contribution in [2.24, 2.45) is 0 Å². The number of ether oxygens (including phenoxy) is 1. The van der Waals surface area contributed by atoms with Crippen molar-refractivity contribution in [3.8, 4) is 5.75 Å². The van der Waals surface area contributed by atoms with E-state index >= 15 is 0 Å². The highest BCUT2D eigenvalue weighted by atomic mass is 16.5. The van der Waals surface area contributed by atoms with Crippen molar-refractivity contribution in [1.82, 2.24) is 4.90 Å². The molecule has 1 aromatic rings. The molecule has 0 amide bonds. The number of benzene rings is 1. The fourth-order valence-corrected chi connectivity index (χ4v) is 1.42. The van der Waals surface area contributed by atoms with E-state index in [1.807, 2.05) is 56.1 Å². The van der Waals surface area contributed by atoms with Crippen LogP contribution in [0.25, 0.3) is 5.57 Å². The number of carbonyl (C=O) groups excluding carboxylic acids is 1. The second kappa shape index (κ2) is 6.11. The summed E-state index contributed by atoms with van der Waals surface area (Å²) in [6.45, 7) is 3.18. The SMILES string of the molecule is CCOc1ccc(C(=C=O)CN(C)C)cc1. The van der Waals surface area contributed by atoms with Gasteiger partial charge in [0.25, 0.3) is 0 Å². The Balaban J connectivity index is 2.83. The van der Waals surface area contributed by atoms with Gasteiger partial charge in [0.2, 0.25) is 0 Å². The zero-order valence-corrected chi connectivity index (χ0v) is 9.99. The van der Waals surface area contributed by atoms with Crippen molar-refractivity contribution in [3.63, 3.8) is 0 Å². The molecule has 3 nitrogen and oxygen atoms in total. The normalized spacial score (nSPS) is 10.0. The van der Waals surface area contributed by atoms with E-state index < -0.39 is 0 Å². The van der Waals surface area contributed by atoms with Gasteiger partial charge in [0, 0.05) is 6.54 Å². The summed E-state index contributed by atoms with van der Waals surface area (Å²) in [4.78, 5) is 12.8. The molecule has 0 aliphatic rings. The Morgan fingerprint density at radius 1 is 1.31 bits per heavy atom. The van der Waals surface area contributed by atoms with Crippen LogP contribution < -0.4 is 4.74 Å². The number of hydrogen-bond donors (Lipinski definition) is 0. The average molecular weight is 219 g/mol. The first kappa shape index (κ1) is 12.5. The molecule has 0 unspecified atom stereocenters. The van der Waals surface area contributed by atoms with Gasteiger partial charge in [0.05, 0.1) is 12.2 Å². The molecule has 1 rings (SSSR count). The minimum absolute atomic E-state index is 0.595. The summed E-state index contributed by atoms with van der Waals surface area (Å²) in [5, 5.41) is 0. The van der Waals surface area contributed by atoms with Crippen molar-refractivity contribution in [3.05, 3.63) is 29.8 Å². The maximum absolute atomic E-state index is 10.8. The van der Waals surface area contributed by atoms with Crippen molar-refractivity contribution >= 4 is 11.5 Å².